The molecule has 33 heavy (non-hydrogen) atoms. The van der Waals surface area contributed by atoms with Crippen LogP contribution in [0.4, 0.5) is 0 Å². The van der Waals surface area contributed by atoms with Crippen LogP contribution in [0.15, 0.2) is 48.5 Å². The second kappa shape index (κ2) is 13.3. The first-order valence-corrected chi connectivity index (χ1v) is 13.5. The molecule has 3 rings (SSSR count). The minimum atomic E-state index is -0.525. The standard InChI is InChI=1S/C26H32Cl2N2O2S/c1-2-24(26(32)29-22-12-4-3-5-13-22)30(16-20-10-6-7-14-23(20)28)25(31)18-33-17-19-9-8-11-21(27)15-19/h6-11,14-15,22,24H,2-5,12-13,16-18H2,1H3,(H,29,32). The Bertz CT molecular complexity index is 934. The third kappa shape index (κ3) is 7.94. The summed E-state index contributed by atoms with van der Waals surface area (Å²) in [6, 6.07) is 14.8. The third-order valence-corrected chi connectivity index (χ3v) is 7.61. The van der Waals surface area contributed by atoms with Gasteiger partial charge in [0.25, 0.3) is 0 Å². The number of rotatable bonds is 10. The van der Waals surface area contributed by atoms with E-state index in [4.69, 9.17) is 23.2 Å². The molecule has 1 fully saturated rings. The van der Waals surface area contributed by atoms with E-state index < -0.39 is 6.04 Å². The summed E-state index contributed by atoms with van der Waals surface area (Å²) in [6.07, 6.45) is 6.08. The molecule has 0 saturated heterocycles. The SMILES string of the molecule is CCC(C(=O)NC1CCCCC1)N(Cc1ccccc1Cl)C(=O)CSCc1cccc(Cl)c1. The van der Waals surface area contributed by atoms with Crippen molar-refractivity contribution >= 4 is 46.8 Å². The maximum absolute atomic E-state index is 13.4. The molecule has 1 aliphatic carbocycles. The lowest BCUT2D eigenvalue weighted by molar-refractivity contribution is -0.139. The van der Waals surface area contributed by atoms with Crippen LogP contribution in [-0.4, -0.2) is 34.6 Å². The van der Waals surface area contributed by atoms with E-state index in [0.29, 0.717) is 28.8 Å². The van der Waals surface area contributed by atoms with Crippen molar-refractivity contribution < 1.29 is 9.59 Å². The Kier molecular flexibility index (Phi) is 10.4. The normalized spacial score (nSPS) is 15.1. The van der Waals surface area contributed by atoms with E-state index >= 15 is 0 Å². The van der Waals surface area contributed by atoms with Gasteiger partial charge in [0, 0.05) is 28.4 Å². The lowest BCUT2D eigenvalue weighted by Crippen LogP contribution is -2.52. The molecule has 2 aromatic carbocycles. The molecule has 0 bridgehead atoms. The first kappa shape index (κ1) is 25.9. The Morgan fingerprint density at radius 1 is 1.09 bits per heavy atom. The highest BCUT2D eigenvalue weighted by atomic mass is 35.5. The number of carbonyl (C=O) groups excluding carboxylic acids is 2. The van der Waals surface area contributed by atoms with Crippen LogP contribution in [-0.2, 0) is 21.9 Å². The van der Waals surface area contributed by atoms with E-state index in [0.717, 1.165) is 36.8 Å². The Labute approximate surface area is 211 Å². The molecule has 2 aromatic rings. The number of benzene rings is 2. The molecule has 0 spiro atoms. The molecule has 0 aromatic heterocycles. The molecule has 1 N–H and O–H groups in total. The van der Waals surface area contributed by atoms with Crippen molar-refractivity contribution in [2.24, 2.45) is 0 Å². The average Bonchev–Trinajstić information content (AvgIpc) is 2.81. The van der Waals surface area contributed by atoms with Crippen molar-refractivity contribution in [3.8, 4) is 0 Å². The molecular formula is C26H32Cl2N2O2S. The van der Waals surface area contributed by atoms with Crippen molar-refractivity contribution in [1.29, 1.82) is 0 Å². The van der Waals surface area contributed by atoms with Crippen LogP contribution in [0.2, 0.25) is 10.0 Å². The number of hydrogen-bond donors (Lipinski definition) is 1. The van der Waals surface area contributed by atoms with Crippen molar-refractivity contribution in [1.82, 2.24) is 10.2 Å². The second-order valence-electron chi connectivity index (χ2n) is 8.50. The van der Waals surface area contributed by atoms with Gasteiger partial charge in [-0.2, -0.15) is 0 Å². The molecule has 7 heteroatoms. The molecule has 0 aliphatic heterocycles. The zero-order valence-electron chi connectivity index (χ0n) is 19.1. The average molecular weight is 508 g/mol. The minimum absolute atomic E-state index is 0.0624. The minimum Gasteiger partial charge on any atom is -0.352 e. The predicted octanol–water partition coefficient (Wildman–Crippen LogP) is 6.48. The topological polar surface area (TPSA) is 49.4 Å². The predicted molar refractivity (Wildman–Crippen MR) is 139 cm³/mol. The maximum atomic E-state index is 13.4. The van der Waals surface area contributed by atoms with Gasteiger partial charge in [0.2, 0.25) is 11.8 Å². The van der Waals surface area contributed by atoms with Crippen molar-refractivity contribution in [3.05, 3.63) is 69.7 Å². The fraction of sp³-hybridized carbons (Fsp3) is 0.462. The molecule has 1 aliphatic rings. The molecule has 0 heterocycles. The summed E-state index contributed by atoms with van der Waals surface area (Å²) in [5, 5.41) is 4.49. The first-order valence-electron chi connectivity index (χ1n) is 11.6. The highest BCUT2D eigenvalue weighted by molar-refractivity contribution is 7.99. The fourth-order valence-electron chi connectivity index (χ4n) is 4.24. The van der Waals surface area contributed by atoms with Gasteiger partial charge in [0.15, 0.2) is 0 Å². The number of carbonyl (C=O) groups is 2. The van der Waals surface area contributed by atoms with E-state index in [-0.39, 0.29) is 23.6 Å². The summed E-state index contributed by atoms with van der Waals surface area (Å²) < 4.78 is 0. The molecule has 4 nitrogen and oxygen atoms in total. The maximum Gasteiger partial charge on any atom is 0.243 e. The van der Waals surface area contributed by atoms with Gasteiger partial charge in [0.1, 0.15) is 6.04 Å². The van der Waals surface area contributed by atoms with Crippen molar-refractivity contribution in [2.45, 2.75) is 69.8 Å². The van der Waals surface area contributed by atoms with E-state index in [1.165, 1.54) is 18.2 Å². The Morgan fingerprint density at radius 2 is 1.85 bits per heavy atom. The Morgan fingerprint density at radius 3 is 2.55 bits per heavy atom. The lowest BCUT2D eigenvalue weighted by Gasteiger charge is -2.33. The molecule has 178 valence electrons. The number of amides is 2. The number of halogens is 2. The van der Waals surface area contributed by atoms with E-state index in [1.54, 1.807) is 4.90 Å². The molecule has 2 amide bonds. The summed E-state index contributed by atoms with van der Waals surface area (Å²) in [6.45, 7) is 2.27. The molecular weight excluding hydrogens is 475 g/mol. The molecule has 0 radical (unpaired) electrons. The van der Waals surface area contributed by atoms with E-state index in [1.807, 2.05) is 55.5 Å². The van der Waals surface area contributed by atoms with Gasteiger partial charge in [-0.25, -0.2) is 0 Å². The van der Waals surface area contributed by atoms with Crippen LogP contribution in [0.25, 0.3) is 0 Å². The quantitative estimate of drug-likeness (QED) is 0.400. The number of nitrogens with zero attached hydrogens (tertiary/aromatic N) is 1. The van der Waals surface area contributed by atoms with E-state index in [9.17, 15) is 9.59 Å². The van der Waals surface area contributed by atoms with Crippen molar-refractivity contribution in [2.75, 3.05) is 5.75 Å². The lowest BCUT2D eigenvalue weighted by atomic mass is 9.95. The van der Waals surface area contributed by atoms with Crippen molar-refractivity contribution in [3.63, 3.8) is 0 Å². The molecule has 1 atom stereocenters. The van der Waals surface area contributed by atoms with Crippen LogP contribution in [0.3, 0.4) is 0 Å². The summed E-state index contributed by atoms with van der Waals surface area (Å²) >= 11 is 14.0. The monoisotopic (exact) mass is 506 g/mol. The van der Waals surface area contributed by atoms with Crippen LogP contribution < -0.4 is 5.32 Å². The zero-order valence-corrected chi connectivity index (χ0v) is 21.4. The van der Waals surface area contributed by atoms with Gasteiger partial charge in [0.05, 0.1) is 5.75 Å². The first-order chi connectivity index (χ1) is 16.0. The fourth-order valence-corrected chi connectivity index (χ4v) is 5.51. The van der Waals surface area contributed by atoms with Crippen LogP contribution in [0.1, 0.15) is 56.6 Å². The largest absolute Gasteiger partial charge is 0.352 e. The highest BCUT2D eigenvalue weighted by Crippen LogP contribution is 2.23. The Hall–Kier alpha value is -1.69. The number of hydrogen-bond acceptors (Lipinski definition) is 3. The summed E-state index contributed by atoms with van der Waals surface area (Å²) in [5.41, 5.74) is 1.91. The summed E-state index contributed by atoms with van der Waals surface area (Å²) in [7, 11) is 0. The zero-order chi connectivity index (χ0) is 23.6. The van der Waals surface area contributed by atoms with Crippen LogP contribution >= 0.6 is 35.0 Å². The summed E-state index contributed by atoms with van der Waals surface area (Å²) in [4.78, 5) is 28.3. The highest BCUT2D eigenvalue weighted by Gasteiger charge is 2.30. The molecule has 1 saturated carbocycles. The summed E-state index contributed by atoms with van der Waals surface area (Å²) in [5.74, 6) is 0.832. The van der Waals surface area contributed by atoms with Crippen LogP contribution in [0.5, 0.6) is 0 Å². The third-order valence-electron chi connectivity index (χ3n) is 6.02. The molecule has 1 unspecified atom stereocenters. The second-order valence-corrected chi connectivity index (χ2v) is 10.3. The van der Waals surface area contributed by atoms with Gasteiger partial charge < -0.3 is 10.2 Å². The van der Waals surface area contributed by atoms with Gasteiger partial charge in [-0.1, -0.05) is 79.7 Å². The van der Waals surface area contributed by atoms with E-state index in [2.05, 4.69) is 5.32 Å². The smallest absolute Gasteiger partial charge is 0.243 e. The van der Waals surface area contributed by atoms with Gasteiger partial charge >= 0.3 is 0 Å². The Balaban J connectivity index is 1.71. The number of nitrogens with one attached hydrogen (secondary N) is 1. The van der Waals surface area contributed by atoms with Gasteiger partial charge in [-0.3, -0.25) is 9.59 Å². The van der Waals surface area contributed by atoms with Crippen LogP contribution in [0, 0.1) is 0 Å². The number of thioether (sulfide) groups is 1. The van der Waals surface area contributed by atoms with Gasteiger partial charge in [-0.15, -0.1) is 11.8 Å². The van der Waals surface area contributed by atoms with Gasteiger partial charge in [-0.05, 0) is 48.6 Å².